The van der Waals surface area contributed by atoms with Crippen molar-refractivity contribution in [3.63, 3.8) is 0 Å². The summed E-state index contributed by atoms with van der Waals surface area (Å²) < 4.78 is 7.64. The summed E-state index contributed by atoms with van der Waals surface area (Å²) >= 11 is 0. The Morgan fingerprint density at radius 2 is 1.78 bits per heavy atom. The van der Waals surface area contributed by atoms with Gasteiger partial charge < -0.3 is 9.64 Å². The molecular formula is C33H38N6O2. The minimum Gasteiger partial charge on any atom is -0.444 e. The van der Waals surface area contributed by atoms with Gasteiger partial charge in [-0.3, -0.25) is 9.67 Å². The van der Waals surface area contributed by atoms with Crippen LogP contribution in [-0.2, 0) is 17.7 Å². The molecule has 2 aliphatic rings. The van der Waals surface area contributed by atoms with Gasteiger partial charge >= 0.3 is 6.09 Å². The quantitative estimate of drug-likeness (QED) is 0.267. The molecule has 212 valence electrons. The van der Waals surface area contributed by atoms with Crippen LogP contribution in [-0.4, -0.2) is 53.4 Å². The van der Waals surface area contributed by atoms with Gasteiger partial charge in [0.25, 0.3) is 0 Å². The molecule has 1 amide bonds. The topological polar surface area (TPSA) is 86.0 Å². The van der Waals surface area contributed by atoms with Crippen molar-refractivity contribution in [3.8, 4) is 22.5 Å². The monoisotopic (exact) mass is 550 g/mol. The van der Waals surface area contributed by atoms with Crippen LogP contribution < -0.4 is 0 Å². The van der Waals surface area contributed by atoms with Crippen LogP contribution in [0.25, 0.3) is 22.5 Å². The minimum absolute atomic E-state index is 0.157. The number of aryl methyl sites for hydroxylation is 1. The molecule has 0 aliphatic carbocycles. The van der Waals surface area contributed by atoms with Crippen LogP contribution in [0, 0.1) is 0 Å². The Labute approximate surface area is 241 Å². The van der Waals surface area contributed by atoms with Crippen molar-refractivity contribution in [2.75, 3.05) is 0 Å². The molecule has 2 bridgehead atoms. The molecule has 2 atom stereocenters. The third kappa shape index (κ3) is 5.87. The molecule has 2 aliphatic heterocycles. The zero-order valence-electron chi connectivity index (χ0n) is 24.3. The van der Waals surface area contributed by atoms with Crippen LogP contribution in [0.5, 0.6) is 0 Å². The summed E-state index contributed by atoms with van der Waals surface area (Å²) in [6.07, 6.45) is 12.1. The minimum atomic E-state index is -0.467. The van der Waals surface area contributed by atoms with E-state index < -0.39 is 5.60 Å². The standard InChI is InChI=1S/C33H38N6O2/c1-5-38-21-28(31(37-38)24-7-6-15-34-20-24)29-14-16-35-30(36-29)17-22-8-10-23(11-9-22)25-18-26-12-13-27(19-25)39(26)32(40)41-33(2,3)4/h6-11,14-16,20-21,25-27H,5,12-13,17-19H2,1-4H3. The Hall–Kier alpha value is -4.07. The molecule has 0 N–H and O–H groups in total. The van der Waals surface area contributed by atoms with Gasteiger partial charge in [-0.05, 0) is 88.6 Å². The van der Waals surface area contributed by atoms with E-state index in [-0.39, 0.29) is 18.2 Å². The van der Waals surface area contributed by atoms with Crippen LogP contribution in [0.4, 0.5) is 4.79 Å². The third-order valence-corrected chi connectivity index (χ3v) is 8.15. The van der Waals surface area contributed by atoms with Gasteiger partial charge in [0.1, 0.15) is 17.1 Å². The van der Waals surface area contributed by atoms with Gasteiger partial charge in [-0.25, -0.2) is 14.8 Å². The van der Waals surface area contributed by atoms with Crippen molar-refractivity contribution >= 4 is 6.09 Å². The number of pyridine rings is 1. The zero-order valence-corrected chi connectivity index (χ0v) is 24.3. The summed E-state index contributed by atoms with van der Waals surface area (Å²) in [5.41, 5.74) is 5.74. The first-order valence-electron chi connectivity index (χ1n) is 14.7. The Balaban J connectivity index is 1.15. The van der Waals surface area contributed by atoms with Crippen molar-refractivity contribution in [2.24, 2.45) is 0 Å². The molecule has 8 nitrogen and oxygen atoms in total. The zero-order chi connectivity index (χ0) is 28.6. The number of ether oxygens (including phenoxy) is 1. The first kappa shape index (κ1) is 27.1. The number of carbonyl (C=O) groups is 1. The molecule has 0 saturated carbocycles. The molecule has 1 aromatic carbocycles. The van der Waals surface area contributed by atoms with Gasteiger partial charge in [-0.15, -0.1) is 0 Å². The second kappa shape index (κ2) is 11.1. The Bertz CT molecular complexity index is 1490. The number of hydrogen-bond donors (Lipinski definition) is 0. The highest BCUT2D eigenvalue weighted by Crippen LogP contribution is 2.43. The van der Waals surface area contributed by atoms with Crippen molar-refractivity contribution in [2.45, 2.75) is 89.9 Å². The number of carbonyl (C=O) groups excluding carboxylic acids is 1. The summed E-state index contributed by atoms with van der Waals surface area (Å²) in [6.45, 7) is 8.65. The number of benzene rings is 1. The summed E-state index contributed by atoms with van der Waals surface area (Å²) in [5, 5.41) is 4.78. The summed E-state index contributed by atoms with van der Waals surface area (Å²) in [4.78, 5) is 28.6. The van der Waals surface area contributed by atoms with Gasteiger partial charge in [-0.2, -0.15) is 5.10 Å². The molecule has 8 heteroatoms. The molecule has 6 rings (SSSR count). The van der Waals surface area contributed by atoms with E-state index in [9.17, 15) is 4.79 Å². The van der Waals surface area contributed by atoms with Crippen LogP contribution in [0.1, 0.15) is 76.2 Å². The van der Waals surface area contributed by atoms with E-state index >= 15 is 0 Å². The molecule has 0 spiro atoms. The highest BCUT2D eigenvalue weighted by molar-refractivity contribution is 5.78. The fraction of sp³-hybridized carbons (Fsp3) is 0.424. The number of hydrogen-bond acceptors (Lipinski definition) is 6. The summed E-state index contributed by atoms with van der Waals surface area (Å²) in [5.74, 6) is 1.24. The second-order valence-corrected chi connectivity index (χ2v) is 12.2. The average Bonchev–Trinajstić information content (AvgIpc) is 3.52. The van der Waals surface area contributed by atoms with E-state index in [4.69, 9.17) is 14.8 Å². The van der Waals surface area contributed by atoms with E-state index in [1.54, 1.807) is 6.20 Å². The summed E-state index contributed by atoms with van der Waals surface area (Å²) in [7, 11) is 0. The smallest absolute Gasteiger partial charge is 0.410 e. The molecule has 2 fully saturated rings. The molecule has 2 saturated heterocycles. The van der Waals surface area contributed by atoms with E-state index in [0.717, 1.165) is 60.6 Å². The lowest BCUT2D eigenvalue weighted by atomic mass is 9.85. The maximum atomic E-state index is 12.8. The highest BCUT2D eigenvalue weighted by atomic mass is 16.6. The first-order chi connectivity index (χ1) is 19.8. The van der Waals surface area contributed by atoms with Crippen LogP contribution in [0.3, 0.4) is 0 Å². The second-order valence-electron chi connectivity index (χ2n) is 12.2. The fourth-order valence-corrected chi connectivity index (χ4v) is 6.27. The van der Waals surface area contributed by atoms with Gasteiger partial charge in [0.2, 0.25) is 0 Å². The van der Waals surface area contributed by atoms with E-state index in [1.165, 1.54) is 11.1 Å². The average molecular weight is 551 g/mol. The number of fused-ring (bicyclic) bond motifs is 2. The van der Waals surface area contributed by atoms with E-state index in [0.29, 0.717) is 12.3 Å². The first-order valence-corrected chi connectivity index (χ1v) is 14.7. The van der Waals surface area contributed by atoms with Crippen LogP contribution in [0.15, 0.2) is 67.3 Å². The maximum Gasteiger partial charge on any atom is 0.410 e. The fourth-order valence-electron chi connectivity index (χ4n) is 6.27. The van der Waals surface area contributed by atoms with Crippen LogP contribution >= 0.6 is 0 Å². The van der Waals surface area contributed by atoms with E-state index in [2.05, 4.69) is 41.2 Å². The predicted octanol–water partition coefficient (Wildman–Crippen LogP) is 6.66. The normalized spacial score (nSPS) is 20.3. The SMILES string of the molecule is CCn1cc(-c2ccnc(Cc3ccc(C4CC5CCC(C4)N5C(=O)OC(C)(C)C)cc3)n2)c(-c2cccnc2)n1. The number of piperidine rings is 1. The lowest BCUT2D eigenvalue weighted by Gasteiger charge is -2.39. The number of amides is 1. The van der Waals surface area contributed by atoms with Gasteiger partial charge in [0.15, 0.2) is 0 Å². The third-order valence-electron chi connectivity index (χ3n) is 8.15. The summed E-state index contributed by atoms with van der Waals surface area (Å²) in [6, 6.07) is 15.3. The predicted molar refractivity (Wildman–Crippen MR) is 158 cm³/mol. The van der Waals surface area contributed by atoms with Gasteiger partial charge in [0, 0.05) is 61.0 Å². The van der Waals surface area contributed by atoms with Gasteiger partial charge in [-0.1, -0.05) is 24.3 Å². The van der Waals surface area contributed by atoms with E-state index in [1.807, 2.05) is 67.1 Å². The molecule has 4 aromatic rings. The molecule has 3 aromatic heterocycles. The van der Waals surface area contributed by atoms with Crippen LogP contribution in [0.2, 0.25) is 0 Å². The van der Waals surface area contributed by atoms with Crippen molar-refractivity contribution in [3.05, 3.63) is 84.2 Å². The van der Waals surface area contributed by atoms with Crippen molar-refractivity contribution in [1.29, 1.82) is 0 Å². The molecule has 41 heavy (non-hydrogen) atoms. The lowest BCUT2D eigenvalue weighted by molar-refractivity contribution is 0.00584. The Kier molecular flexibility index (Phi) is 7.32. The number of nitrogens with zero attached hydrogens (tertiary/aromatic N) is 6. The molecule has 0 radical (unpaired) electrons. The largest absolute Gasteiger partial charge is 0.444 e. The maximum absolute atomic E-state index is 12.8. The number of rotatable bonds is 6. The lowest BCUT2D eigenvalue weighted by Crippen LogP contribution is -2.48. The van der Waals surface area contributed by atoms with Crippen molar-refractivity contribution in [1.82, 2.24) is 29.6 Å². The molecular weight excluding hydrogens is 512 g/mol. The Morgan fingerprint density at radius 1 is 1.02 bits per heavy atom. The molecule has 5 heterocycles. The van der Waals surface area contributed by atoms with Crippen molar-refractivity contribution < 1.29 is 9.53 Å². The highest BCUT2D eigenvalue weighted by Gasteiger charge is 2.45. The molecule has 2 unspecified atom stereocenters. The Morgan fingerprint density at radius 3 is 2.44 bits per heavy atom. The number of aromatic nitrogens is 5. The van der Waals surface area contributed by atoms with Gasteiger partial charge in [0.05, 0.1) is 5.69 Å².